The second-order valence-corrected chi connectivity index (χ2v) is 6.00. The predicted molar refractivity (Wildman–Crippen MR) is 93.5 cm³/mol. The van der Waals surface area contributed by atoms with Gasteiger partial charge in [-0.3, -0.25) is 19.4 Å². The molecule has 0 aliphatic carbocycles. The summed E-state index contributed by atoms with van der Waals surface area (Å²) in [7, 11) is 0. The molecule has 0 bridgehead atoms. The van der Waals surface area contributed by atoms with Gasteiger partial charge in [0.2, 0.25) is 11.8 Å². The molecule has 0 unspecified atom stereocenters. The predicted octanol–water partition coefficient (Wildman–Crippen LogP) is -2.19. The Balaban J connectivity index is 4.65. The van der Waals surface area contributed by atoms with Crippen molar-refractivity contribution in [2.45, 2.75) is 31.3 Å². The maximum atomic E-state index is 12.0. The number of thioether (sulfide) groups is 1. The zero-order valence-corrected chi connectivity index (χ0v) is 14.5. The highest BCUT2D eigenvalue weighted by molar-refractivity contribution is 7.98. The van der Waals surface area contributed by atoms with Crippen LogP contribution in [0.4, 0.5) is 0 Å². The number of nitrogens with zero attached hydrogens (tertiary/aromatic N) is 1. The fourth-order valence-corrected chi connectivity index (χ4v) is 2.20. The van der Waals surface area contributed by atoms with Crippen LogP contribution in [-0.2, 0) is 14.4 Å². The first kappa shape index (κ1) is 22.0. The molecule has 0 aliphatic rings. The maximum Gasteiger partial charge on any atom is 0.322 e. The molecule has 0 aromatic heterocycles. The number of guanidine groups is 1. The van der Waals surface area contributed by atoms with Crippen LogP contribution in [0.2, 0.25) is 0 Å². The van der Waals surface area contributed by atoms with Crippen LogP contribution in [0.5, 0.6) is 0 Å². The molecule has 0 aromatic carbocycles. The van der Waals surface area contributed by atoms with Crippen LogP contribution in [0.15, 0.2) is 4.99 Å². The number of hydrogen-bond donors (Lipinski definition) is 6. The topological polar surface area (TPSA) is 186 Å². The highest BCUT2D eigenvalue weighted by Gasteiger charge is 2.23. The third kappa shape index (κ3) is 10.7. The Labute approximate surface area is 145 Å². The van der Waals surface area contributed by atoms with Crippen LogP contribution >= 0.6 is 11.8 Å². The number of carbonyl (C=O) groups is 3. The Kier molecular flexibility index (Phi) is 11.4. The SMILES string of the molecule is CSCC[C@H](N)C(=O)N[C@@H](CCCN=C(N)N)C(=O)NCC(=O)O. The molecule has 11 heteroatoms. The number of aliphatic carboxylic acids is 1. The Morgan fingerprint density at radius 3 is 2.42 bits per heavy atom. The van der Waals surface area contributed by atoms with Crippen LogP contribution in [0.3, 0.4) is 0 Å². The van der Waals surface area contributed by atoms with E-state index in [9.17, 15) is 14.4 Å². The van der Waals surface area contributed by atoms with Crippen LogP contribution in [-0.4, -0.2) is 66.0 Å². The Morgan fingerprint density at radius 1 is 1.21 bits per heavy atom. The molecule has 24 heavy (non-hydrogen) atoms. The molecule has 0 saturated carbocycles. The first-order valence-corrected chi connectivity index (χ1v) is 8.77. The summed E-state index contributed by atoms with van der Waals surface area (Å²) < 4.78 is 0. The third-order valence-electron chi connectivity index (χ3n) is 2.96. The van der Waals surface area contributed by atoms with Crippen molar-refractivity contribution in [1.82, 2.24) is 10.6 Å². The van der Waals surface area contributed by atoms with Crippen molar-refractivity contribution in [3.63, 3.8) is 0 Å². The molecule has 2 atom stereocenters. The minimum atomic E-state index is -1.18. The lowest BCUT2D eigenvalue weighted by molar-refractivity contribution is -0.138. The van der Waals surface area contributed by atoms with Gasteiger partial charge in [-0.15, -0.1) is 0 Å². The van der Waals surface area contributed by atoms with E-state index < -0.39 is 36.4 Å². The van der Waals surface area contributed by atoms with Crippen molar-refractivity contribution in [3.05, 3.63) is 0 Å². The van der Waals surface area contributed by atoms with Crippen LogP contribution in [0.1, 0.15) is 19.3 Å². The van der Waals surface area contributed by atoms with E-state index in [2.05, 4.69) is 15.6 Å². The summed E-state index contributed by atoms with van der Waals surface area (Å²) in [6.07, 6.45) is 3.06. The summed E-state index contributed by atoms with van der Waals surface area (Å²) in [5.41, 5.74) is 16.2. The van der Waals surface area contributed by atoms with Gasteiger partial charge in [-0.05, 0) is 31.3 Å². The van der Waals surface area contributed by atoms with Crippen molar-refractivity contribution in [2.75, 3.05) is 25.1 Å². The van der Waals surface area contributed by atoms with Crippen LogP contribution in [0, 0.1) is 0 Å². The number of carbonyl (C=O) groups excluding carboxylic acids is 2. The summed E-state index contributed by atoms with van der Waals surface area (Å²) >= 11 is 1.56. The number of nitrogens with one attached hydrogen (secondary N) is 2. The normalized spacial score (nSPS) is 12.8. The standard InChI is InChI=1S/C13H26N6O4S/c1-24-6-4-8(14)11(22)19-9(3-2-5-17-13(15)16)12(23)18-7-10(20)21/h8-9H,2-7,14H2,1H3,(H,18,23)(H,19,22)(H,20,21)(H4,15,16,17)/t8-,9-/m0/s1. The van der Waals surface area contributed by atoms with Gasteiger partial charge >= 0.3 is 5.97 Å². The highest BCUT2D eigenvalue weighted by atomic mass is 32.2. The van der Waals surface area contributed by atoms with E-state index in [-0.39, 0.29) is 12.4 Å². The quantitative estimate of drug-likeness (QED) is 0.128. The van der Waals surface area contributed by atoms with Crippen LogP contribution in [0.25, 0.3) is 0 Å². The van der Waals surface area contributed by atoms with E-state index in [1.807, 2.05) is 6.26 Å². The lowest BCUT2D eigenvalue weighted by atomic mass is 10.1. The summed E-state index contributed by atoms with van der Waals surface area (Å²) in [5, 5.41) is 13.4. The second-order valence-electron chi connectivity index (χ2n) is 5.01. The average molecular weight is 362 g/mol. The summed E-state index contributed by atoms with van der Waals surface area (Å²) in [5.74, 6) is -1.57. The lowest BCUT2D eigenvalue weighted by Crippen LogP contribution is -2.52. The molecule has 0 aliphatic heterocycles. The molecule has 0 aromatic rings. The molecular weight excluding hydrogens is 336 g/mol. The molecule has 9 N–H and O–H groups in total. The van der Waals surface area contributed by atoms with Gasteiger partial charge in [-0.2, -0.15) is 11.8 Å². The third-order valence-corrected chi connectivity index (χ3v) is 3.61. The number of carboxylic acid groups (broad SMARTS) is 1. The van der Waals surface area contributed by atoms with Crippen molar-refractivity contribution in [2.24, 2.45) is 22.2 Å². The molecule has 138 valence electrons. The van der Waals surface area contributed by atoms with Gasteiger partial charge in [0.25, 0.3) is 0 Å². The van der Waals surface area contributed by atoms with Gasteiger partial charge in [0.15, 0.2) is 5.96 Å². The Hall–Kier alpha value is -2.01. The Morgan fingerprint density at radius 2 is 1.88 bits per heavy atom. The molecule has 0 rings (SSSR count). The summed E-state index contributed by atoms with van der Waals surface area (Å²) in [6.45, 7) is -0.239. The highest BCUT2D eigenvalue weighted by Crippen LogP contribution is 2.02. The smallest absolute Gasteiger partial charge is 0.322 e. The molecule has 0 heterocycles. The van der Waals surface area contributed by atoms with E-state index in [1.165, 1.54) is 0 Å². The number of hydrogen-bond acceptors (Lipinski definition) is 6. The van der Waals surface area contributed by atoms with Crippen molar-refractivity contribution >= 4 is 35.5 Å². The lowest BCUT2D eigenvalue weighted by Gasteiger charge is -2.20. The van der Waals surface area contributed by atoms with E-state index >= 15 is 0 Å². The van der Waals surface area contributed by atoms with Gasteiger partial charge < -0.3 is 32.9 Å². The molecule has 2 amide bonds. The molecule has 0 fully saturated rings. The van der Waals surface area contributed by atoms with Crippen molar-refractivity contribution in [3.8, 4) is 0 Å². The van der Waals surface area contributed by atoms with Gasteiger partial charge in [-0.25, -0.2) is 0 Å². The number of carboxylic acids is 1. The van der Waals surface area contributed by atoms with Crippen molar-refractivity contribution < 1.29 is 19.5 Å². The largest absolute Gasteiger partial charge is 0.480 e. The minimum absolute atomic E-state index is 0.0648. The maximum absolute atomic E-state index is 12.0. The van der Waals surface area contributed by atoms with Gasteiger partial charge in [-0.1, -0.05) is 0 Å². The molecule has 0 saturated heterocycles. The number of aliphatic imine (C=N–C) groups is 1. The summed E-state index contributed by atoms with van der Waals surface area (Å²) in [6, 6.07) is -1.63. The fourth-order valence-electron chi connectivity index (χ4n) is 1.71. The zero-order valence-electron chi connectivity index (χ0n) is 13.7. The van der Waals surface area contributed by atoms with Crippen molar-refractivity contribution in [1.29, 1.82) is 0 Å². The molecule has 10 nitrogen and oxygen atoms in total. The van der Waals surface area contributed by atoms with E-state index in [0.717, 1.165) is 5.75 Å². The minimum Gasteiger partial charge on any atom is -0.480 e. The van der Waals surface area contributed by atoms with Gasteiger partial charge in [0, 0.05) is 6.54 Å². The fraction of sp³-hybridized carbons (Fsp3) is 0.692. The molecular formula is C13H26N6O4S. The van der Waals surface area contributed by atoms with E-state index in [1.54, 1.807) is 11.8 Å². The molecule has 0 spiro atoms. The second kappa shape index (κ2) is 12.4. The monoisotopic (exact) mass is 362 g/mol. The van der Waals surface area contributed by atoms with Gasteiger partial charge in [0.1, 0.15) is 12.6 Å². The number of rotatable bonds is 12. The summed E-state index contributed by atoms with van der Waals surface area (Å²) in [4.78, 5) is 38.4. The van der Waals surface area contributed by atoms with E-state index in [0.29, 0.717) is 19.4 Å². The first-order valence-electron chi connectivity index (χ1n) is 7.37. The van der Waals surface area contributed by atoms with Crippen LogP contribution < -0.4 is 27.8 Å². The zero-order chi connectivity index (χ0) is 18.5. The Bertz CT molecular complexity index is 456. The number of amides is 2. The van der Waals surface area contributed by atoms with Gasteiger partial charge in [0.05, 0.1) is 6.04 Å². The van der Waals surface area contributed by atoms with E-state index in [4.69, 9.17) is 22.3 Å². The first-order chi connectivity index (χ1) is 11.3. The number of nitrogens with two attached hydrogens (primary N) is 3. The molecule has 0 radical (unpaired) electrons. The average Bonchev–Trinajstić information content (AvgIpc) is 2.52.